The lowest BCUT2D eigenvalue weighted by Crippen LogP contribution is -2.12. The molecule has 146 valence electrons. The van der Waals surface area contributed by atoms with Gasteiger partial charge < -0.3 is 30.7 Å². The number of anilines is 2. The Morgan fingerprint density at radius 2 is 1.50 bits per heavy atom. The van der Waals surface area contributed by atoms with Crippen LogP contribution in [0.4, 0.5) is 11.4 Å². The maximum Gasteiger partial charge on any atom is 0.259 e. The highest BCUT2D eigenvalue weighted by Gasteiger charge is 2.13. The smallest absolute Gasteiger partial charge is 0.259 e. The number of nitrogen functional groups attached to an aromatic ring is 1. The number of carbonyl (C=O) groups is 1. The molecule has 7 nitrogen and oxygen atoms in total. The number of phenolic OH excluding ortho intramolecular Hbond substituents is 2. The molecule has 3 rings (SSSR count). The second kappa shape index (κ2) is 9.72. The zero-order valence-electron chi connectivity index (χ0n) is 15.5. The Hall–Kier alpha value is -3.87. The largest absolute Gasteiger partial charge is 0.508 e. The van der Waals surface area contributed by atoms with Crippen LogP contribution in [0.3, 0.4) is 0 Å². The molecule has 0 heterocycles. The Labute approximate surface area is 163 Å². The summed E-state index contributed by atoms with van der Waals surface area (Å²) in [6.07, 6.45) is 0. The van der Waals surface area contributed by atoms with Crippen LogP contribution in [-0.4, -0.2) is 30.3 Å². The first-order chi connectivity index (χ1) is 13.5. The highest BCUT2D eigenvalue weighted by molar-refractivity contribution is 6.06. The maximum atomic E-state index is 12.0. The molecular weight excluding hydrogens is 360 g/mol. The molecule has 3 aromatic rings. The summed E-state index contributed by atoms with van der Waals surface area (Å²) in [5.41, 5.74) is 6.76. The highest BCUT2D eigenvalue weighted by Crippen LogP contribution is 2.27. The first kappa shape index (κ1) is 20.4. The van der Waals surface area contributed by atoms with E-state index in [4.69, 9.17) is 15.2 Å². The van der Waals surface area contributed by atoms with Crippen LogP contribution in [0, 0.1) is 0 Å². The molecule has 0 aliphatic rings. The number of carbonyl (C=O) groups excluding carboxylic acids is 1. The Morgan fingerprint density at radius 3 is 2.07 bits per heavy atom. The molecule has 1 amide bonds. The Balaban J connectivity index is 0.000000261. The van der Waals surface area contributed by atoms with Gasteiger partial charge in [0, 0.05) is 6.07 Å². The van der Waals surface area contributed by atoms with Gasteiger partial charge >= 0.3 is 0 Å². The molecule has 0 fully saturated rings. The fourth-order valence-corrected chi connectivity index (χ4v) is 2.32. The van der Waals surface area contributed by atoms with E-state index in [1.165, 1.54) is 19.2 Å². The number of aromatic hydroxyl groups is 2. The van der Waals surface area contributed by atoms with Crippen LogP contribution in [0.25, 0.3) is 0 Å². The van der Waals surface area contributed by atoms with Crippen molar-refractivity contribution >= 4 is 17.3 Å². The summed E-state index contributed by atoms with van der Waals surface area (Å²) in [7, 11) is 3.11. The number of phenols is 2. The van der Waals surface area contributed by atoms with E-state index >= 15 is 0 Å². The molecule has 0 radical (unpaired) electrons. The van der Waals surface area contributed by atoms with Gasteiger partial charge in [-0.15, -0.1) is 0 Å². The molecule has 0 saturated carbocycles. The summed E-state index contributed by atoms with van der Waals surface area (Å²) in [4.78, 5) is 12.0. The van der Waals surface area contributed by atoms with Crippen molar-refractivity contribution < 1.29 is 24.5 Å². The van der Waals surface area contributed by atoms with E-state index < -0.39 is 5.91 Å². The number of methoxy groups -OCH3 is 2. The molecule has 0 atom stereocenters. The van der Waals surface area contributed by atoms with Crippen molar-refractivity contribution in [2.75, 3.05) is 25.3 Å². The standard InChI is InChI=1S/C14H13NO4.C7H9NO/c1-19-13-5-3-2-4-11(13)15-14(18)10-7-6-9(16)8-12(10)17;1-9-7-5-3-2-4-6(7)8/h2-8,16-17H,1H3,(H,15,18);2-5H,8H2,1H3. The van der Waals surface area contributed by atoms with Crippen molar-refractivity contribution in [1.82, 2.24) is 0 Å². The Kier molecular flexibility index (Phi) is 7.10. The van der Waals surface area contributed by atoms with E-state index in [1.54, 1.807) is 37.4 Å². The van der Waals surface area contributed by atoms with E-state index in [0.29, 0.717) is 17.1 Å². The highest BCUT2D eigenvalue weighted by atomic mass is 16.5. The van der Waals surface area contributed by atoms with Crippen molar-refractivity contribution in [3.63, 3.8) is 0 Å². The molecule has 5 N–H and O–H groups in total. The summed E-state index contributed by atoms with van der Waals surface area (Å²) < 4.78 is 10.0. The SMILES string of the molecule is COc1ccccc1N.COc1ccccc1NC(=O)c1ccc(O)cc1O. The number of amides is 1. The van der Waals surface area contributed by atoms with E-state index in [9.17, 15) is 15.0 Å². The summed E-state index contributed by atoms with van der Waals surface area (Å²) in [5.74, 6) is 0.382. The van der Waals surface area contributed by atoms with Crippen molar-refractivity contribution in [3.8, 4) is 23.0 Å². The van der Waals surface area contributed by atoms with Gasteiger partial charge in [0.2, 0.25) is 0 Å². The van der Waals surface area contributed by atoms with Crippen molar-refractivity contribution in [1.29, 1.82) is 0 Å². The monoisotopic (exact) mass is 382 g/mol. The first-order valence-electron chi connectivity index (χ1n) is 8.31. The van der Waals surface area contributed by atoms with E-state index in [2.05, 4.69) is 5.32 Å². The molecule has 0 unspecified atom stereocenters. The average Bonchev–Trinajstić information content (AvgIpc) is 2.69. The molecule has 0 aromatic heterocycles. The van der Waals surface area contributed by atoms with E-state index in [1.807, 2.05) is 18.2 Å². The zero-order chi connectivity index (χ0) is 20.5. The quantitative estimate of drug-likeness (QED) is 0.512. The average molecular weight is 382 g/mol. The molecule has 28 heavy (non-hydrogen) atoms. The fourth-order valence-electron chi connectivity index (χ4n) is 2.32. The third-order valence-corrected chi connectivity index (χ3v) is 3.72. The summed E-state index contributed by atoms with van der Waals surface area (Å²) >= 11 is 0. The molecule has 0 saturated heterocycles. The van der Waals surface area contributed by atoms with Crippen LogP contribution in [0.15, 0.2) is 66.7 Å². The van der Waals surface area contributed by atoms with Gasteiger partial charge in [0.1, 0.15) is 23.0 Å². The lowest BCUT2D eigenvalue weighted by Gasteiger charge is -2.10. The molecule has 0 aliphatic carbocycles. The predicted octanol–water partition coefficient (Wildman–Crippen LogP) is 3.64. The summed E-state index contributed by atoms with van der Waals surface area (Å²) in [6.45, 7) is 0. The molecule has 0 aliphatic heterocycles. The third kappa shape index (κ3) is 5.31. The number of rotatable bonds is 4. The van der Waals surface area contributed by atoms with Crippen LogP contribution < -0.4 is 20.5 Å². The van der Waals surface area contributed by atoms with Crippen LogP contribution in [0.5, 0.6) is 23.0 Å². The maximum absolute atomic E-state index is 12.0. The number of benzene rings is 3. The van der Waals surface area contributed by atoms with Gasteiger partial charge in [-0.05, 0) is 36.4 Å². The summed E-state index contributed by atoms with van der Waals surface area (Å²) in [5, 5.41) is 21.4. The van der Waals surface area contributed by atoms with E-state index in [-0.39, 0.29) is 17.1 Å². The lowest BCUT2D eigenvalue weighted by atomic mass is 10.1. The van der Waals surface area contributed by atoms with Crippen LogP contribution in [0.1, 0.15) is 10.4 Å². The van der Waals surface area contributed by atoms with Gasteiger partial charge in [0.15, 0.2) is 0 Å². The number of para-hydroxylation sites is 4. The van der Waals surface area contributed by atoms with E-state index in [0.717, 1.165) is 11.8 Å². The number of nitrogens with one attached hydrogen (secondary N) is 1. The van der Waals surface area contributed by atoms with Gasteiger partial charge in [0.05, 0.1) is 31.2 Å². The van der Waals surface area contributed by atoms with Gasteiger partial charge in [-0.2, -0.15) is 0 Å². The van der Waals surface area contributed by atoms with Crippen LogP contribution in [0.2, 0.25) is 0 Å². The number of hydrogen-bond donors (Lipinski definition) is 4. The second-order valence-electron chi connectivity index (χ2n) is 5.60. The van der Waals surface area contributed by atoms with Crippen LogP contribution >= 0.6 is 0 Å². The van der Waals surface area contributed by atoms with Crippen molar-refractivity contribution in [2.24, 2.45) is 0 Å². The minimum absolute atomic E-state index is 0.0729. The summed E-state index contributed by atoms with van der Waals surface area (Å²) in [6, 6.07) is 18.1. The minimum atomic E-state index is -0.484. The van der Waals surface area contributed by atoms with Gasteiger partial charge in [0.25, 0.3) is 5.91 Å². The number of ether oxygens (including phenoxy) is 2. The normalized spacial score (nSPS) is 9.64. The number of hydrogen-bond acceptors (Lipinski definition) is 6. The lowest BCUT2D eigenvalue weighted by molar-refractivity contribution is 0.102. The minimum Gasteiger partial charge on any atom is -0.508 e. The third-order valence-electron chi connectivity index (χ3n) is 3.72. The van der Waals surface area contributed by atoms with Gasteiger partial charge in [-0.1, -0.05) is 24.3 Å². The van der Waals surface area contributed by atoms with Gasteiger partial charge in [-0.3, -0.25) is 4.79 Å². The van der Waals surface area contributed by atoms with Crippen LogP contribution in [-0.2, 0) is 0 Å². The first-order valence-corrected chi connectivity index (χ1v) is 8.31. The zero-order valence-corrected chi connectivity index (χ0v) is 15.5. The predicted molar refractivity (Wildman–Crippen MR) is 108 cm³/mol. The molecule has 0 bridgehead atoms. The number of nitrogens with two attached hydrogens (primary N) is 1. The van der Waals surface area contributed by atoms with Crippen molar-refractivity contribution in [2.45, 2.75) is 0 Å². The topological polar surface area (TPSA) is 114 Å². The Morgan fingerprint density at radius 1 is 0.893 bits per heavy atom. The molecular formula is C21H22N2O5. The van der Waals surface area contributed by atoms with Crippen molar-refractivity contribution in [3.05, 3.63) is 72.3 Å². The van der Waals surface area contributed by atoms with Gasteiger partial charge in [-0.25, -0.2) is 0 Å². The Bertz CT molecular complexity index is 944. The molecule has 0 spiro atoms. The fraction of sp³-hybridized carbons (Fsp3) is 0.0952. The molecule has 7 heteroatoms. The molecule has 3 aromatic carbocycles. The second-order valence-corrected chi connectivity index (χ2v) is 5.60.